The number of aliphatic imine (C=N–C) groups is 1. The molecule has 1 nitrogen and oxygen atoms in total. The molecule has 0 aliphatic carbocycles. The average Bonchev–Trinajstić information content (AvgIpc) is 2.79. The van der Waals surface area contributed by atoms with Gasteiger partial charge in [-0.05, 0) is 31.4 Å². The Morgan fingerprint density at radius 3 is 2.94 bits per heavy atom. The lowest BCUT2D eigenvalue weighted by Gasteiger charge is -2.05. The molecule has 0 fully saturated rings. The molecule has 0 radical (unpaired) electrons. The molecular weight excluding hydrogens is 230 g/mol. The van der Waals surface area contributed by atoms with Crippen molar-refractivity contribution < 1.29 is 0 Å². The second-order valence-electron chi connectivity index (χ2n) is 4.26. The first-order valence-corrected chi connectivity index (χ1v) is 6.21. The summed E-state index contributed by atoms with van der Waals surface area (Å²) >= 11 is 6.18. The molecule has 1 unspecified atom stereocenters. The van der Waals surface area contributed by atoms with E-state index in [9.17, 15) is 0 Å². The van der Waals surface area contributed by atoms with E-state index in [0.717, 1.165) is 29.1 Å². The van der Waals surface area contributed by atoms with E-state index in [1.165, 1.54) is 5.57 Å². The van der Waals surface area contributed by atoms with E-state index in [0.29, 0.717) is 6.04 Å². The van der Waals surface area contributed by atoms with Crippen molar-refractivity contribution >= 4 is 17.3 Å². The maximum Gasteiger partial charge on any atom is 0.0716 e. The van der Waals surface area contributed by atoms with Crippen molar-refractivity contribution in [1.82, 2.24) is 0 Å². The minimum absolute atomic E-state index is 0.291. The van der Waals surface area contributed by atoms with Crippen LogP contribution in [0.5, 0.6) is 0 Å². The van der Waals surface area contributed by atoms with Gasteiger partial charge in [0.2, 0.25) is 0 Å². The van der Waals surface area contributed by atoms with Gasteiger partial charge in [0.15, 0.2) is 0 Å². The van der Waals surface area contributed by atoms with Gasteiger partial charge in [0.1, 0.15) is 0 Å². The van der Waals surface area contributed by atoms with Crippen molar-refractivity contribution in [2.75, 3.05) is 0 Å². The van der Waals surface area contributed by atoms with Gasteiger partial charge in [0.05, 0.1) is 6.04 Å². The summed E-state index contributed by atoms with van der Waals surface area (Å²) in [6.45, 7) is 5.82. The summed E-state index contributed by atoms with van der Waals surface area (Å²) in [7, 11) is 0. The first-order valence-electron chi connectivity index (χ1n) is 5.83. The fraction of sp³-hybridized carbons (Fsp3) is 0.267. The fourth-order valence-electron chi connectivity index (χ4n) is 2.12. The minimum Gasteiger partial charge on any atom is -0.281 e. The molecule has 88 valence electrons. The second-order valence-corrected chi connectivity index (χ2v) is 4.66. The van der Waals surface area contributed by atoms with Crippen LogP contribution in [0.4, 0.5) is 0 Å². The summed E-state index contributed by atoms with van der Waals surface area (Å²) < 4.78 is 0. The van der Waals surface area contributed by atoms with Crippen molar-refractivity contribution in [1.29, 1.82) is 0 Å². The zero-order valence-corrected chi connectivity index (χ0v) is 10.7. The molecule has 17 heavy (non-hydrogen) atoms. The summed E-state index contributed by atoms with van der Waals surface area (Å²) in [6.07, 6.45) is 5.91. The predicted molar refractivity (Wildman–Crippen MR) is 75.0 cm³/mol. The molecule has 0 bridgehead atoms. The summed E-state index contributed by atoms with van der Waals surface area (Å²) in [5.74, 6) is 0. The zero-order valence-electron chi connectivity index (χ0n) is 9.99. The van der Waals surface area contributed by atoms with Crippen LogP contribution in [0.3, 0.4) is 0 Å². The molecule has 1 aromatic rings. The normalized spacial score (nSPS) is 20.2. The Labute approximate surface area is 108 Å². The Hall–Kier alpha value is -1.34. The lowest BCUT2D eigenvalue weighted by molar-refractivity contribution is 0.763. The van der Waals surface area contributed by atoms with Crippen LogP contribution < -0.4 is 0 Å². The molecule has 1 aromatic carbocycles. The highest BCUT2D eigenvalue weighted by molar-refractivity contribution is 6.34. The van der Waals surface area contributed by atoms with E-state index in [-0.39, 0.29) is 0 Å². The number of halogens is 1. The summed E-state index contributed by atoms with van der Waals surface area (Å²) in [5.41, 5.74) is 3.46. The summed E-state index contributed by atoms with van der Waals surface area (Å²) in [5, 5.41) is 0.789. The van der Waals surface area contributed by atoms with Crippen LogP contribution in [0.2, 0.25) is 5.02 Å². The van der Waals surface area contributed by atoms with Gasteiger partial charge in [0, 0.05) is 16.3 Å². The number of nitrogens with zero attached hydrogens (tertiary/aromatic N) is 1. The van der Waals surface area contributed by atoms with E-state index >= 15 is 0 Å². The van der Waals surface area contributed by atoms with Crippen LogP contribution in [0.15, 0.2) is 53.6 Å². The molecule has 0 N–H and O–H groups in total. The molecule has 1 aliphatic rings. The van der Waals surface area contributed by atoms with Crippen LogP contribution >= 0.6 is 11.6 Å². The molecule has 0 spiro atoms. The Balaban J connectivity index is 2.26. The largest absolute Gasteiger partial charge is 0.281 e. The molecule has 0 saturated heterocycles. The van der Waals surface area contributed by atoms with Gasteiger partial charge in [-0.3, -0.25) is 4.99 Å². The third kappa shape index (κ3) is 2.67. The van der Waals surface area contributed by atoms with E-state index in [2.05, 4.69) is 13.5 Å². The quantitative estimate of drug-likeness (QED) is 0.699. The topological polar surface area (TPSA) is 12.4 Å². The maximum absolute atomic E-state index is 6.18. The standard InChI is InChI=1S/C15H16ClN/c1-3-6-11(2)14-9-10-15(17-14)12-7-4-5-8-13(12)16/h3-8,14H,1,9-10H2,2H3/b11-6+. The molecule has 2 heteroatoms. The molecule has 2 rings (SSSR count). The lowest BCUT2D eigenvalue weighted by atomic mass is 10.0. The van der Waals surface area contributed by atoms with Crippen LogP contribution in [0.1, 0.15) is 25.3 Å². The van der Waals surface area contributed by atoms with Crippen LogP contribution in [0.25, 0.3) is 0 Å². The smallest absolute Gasteiger partial charge is 0.0716 e. The van der Waals surface area contributed by atoms with Crippen molar-refractivity contribution in [3.63, 3.8) is 0 Å². The van der Waals surface area contributed by atoms with Gasteiger partial charge in [-0.15, -0.1) is 0 Å². The Morgan fingerprint density at radius 2 is 2.24 bits per heavy atom. The zero-order chi connectivity index (χ0) is 12.3. The number of rotatable bonds is 3. The van der Waals surface area contributed by atoms with Crippen molar-refractivity contribution in [3.05, 3.63) is 59.2 Å². The third-order valence-corrected chi connectivity index (χ3v) is 3.39. The van der Waals surface area contributed by atoms with Gasteiger partial charge in [-0.25, -0.2) is 0 Å². The van der Waals surface area contributed by atoms with Crippen molar-refractivity contribution in [2.24, 2.45) is 4.99 Å². The molecule has 1 heterocycles. The van der Waals surface area contributed by atoms with Gasteiger partial charge in [0.25, 0.3) is 0 Å². The number of benzene rings is 1. The monoisotopic (exact) mass is 245 g/mol. The van der Waals surface area contributed by atoms with Crippen LogP contribution in [0, 0.1) is 0 Å². The number of hydrogen-bond acceptors (Lipinski definition) is 1. The highest BCUT2D eigenvalue weighted by atomic mass is 35.5. The van der Waals surface area contributed by atoms with Crippen molar-refractivity contribution in [2.45, 2.75) is 25.8 Å². The summed E-state index contributed by atoms with van der Waals surface area (Å²) in [4.78, 5) is 4.75. The van der Waals surface area contributed by atoms with Gasteiger partial charge in [-0.1, -0.05) is 48.5 Å². The Morgan fingerprint density at radius 1 is 1.47 bits per heavy atom. The van der Waals surface area contributed by atoms with E-state index < -0.39 is 0 Å². The number of allylic oxidation sites excluding steroid dienone is 2. The molecule has 0 amide bonds. The SMILES string of the molecule is C=C/C=C(\C)C1CCC(c2ccccc2Cl)=N1. The van der Waals surface area contributed by atoms with Crippen LogP contribution in [-0.4, -0.2) is 11.8 Å². The highest BCUT2D eigenvalue weighted by Gasteiger charge is 2.20. The van der Waals surface area contributed by atoms with Gasteiger partial charge < -0.3 is 0 Å². The highest BCUT2D eigenvalue weighted by Crippen LogP contribution is 2.26. The van der Waals surface area contributed by atoms with E-state index in [1.54, 1.807) is 0 Å². The van der Waals surface area contributed by atoms with Crippen molar-refractivity contribution in [3.8, 4) is 0 Å². The first kappa shape index (κ1) is 12.1. The molecular formula is C15H16ClN. The number of hydrogen-bond donors (Lipinski definition) is 0. The Kier molecular flexibility index (Phi) is 3.80. The predicted octanol–water partition coefficient (Wildman–Crippen LogP) is 4.42. The van der Waals surface area contributed by atoms with Gasteiger partial charge >= 0.3 is 0 Å². The summed E-state index contributed by atoms with van der Waals surface area (Å²) in [6, 6.07) is 8.19. The Bertz CT molecular complexity index is 485. The maximum atomic E-state index is 6.18. The molecule has 1 atom stereocenters. The minimum atomic E-state index is 0.291. The molecule has 1 aliphatic heterocycles. The first-order chi connectivity index (χ1) is 8.22. The van der Waals surface area contributed by atoms with Crippen LogP contribution in [-0.2, 0) is 0 Å². The second kappa shape index (κ2) is 5.33. The fourth-order valence-corrected chi connectivity index (χ4v) is 2.36. The molecule has 0 aromatic heterocycles. The average molecular weight is 246 g/mol. The van der Waals surface area contributed by atoms with Gasteiger partial charge in [-0.2, -0.15) is 0 Å². The lowest BCUT2D eigenvalue weighted by Crippen LogP contribution is -2.00. The third-order valence-electron chi connectivity index (χ3n) is 3.06. The van der Waals surface area contributed by atoms with E-state index in [1.807, 2.05) is 36.4 Å². The molecule has 0 saturated carbocycles. The van der Waals surface area contributed by atoms with E-state index in [4.69, 9.17) is 16.6 Å².